The molecule has 1 amide bonds. The Hall–Kier alpha value is -2.69. The molecule has 0 radical (unpaired) electrons. The van der Waals surface area contributed by atoms with Crippen molar-refractivity contribution in [3.8, 4) is 17.2 Å². The van der Waals surface area contributed by atoms with Gasteiger partial charge in [-0.1, -0.05) is 12.1 Å². The van der Waals surface area contributed by atoms with E-state index < -0.39 is 5.54 Å². The van der Waals surface area contributed by atoms with Crippen LogP contribution in [0.1, 0.15) is 25.0 Å². The summed E-state index contributed by atoms with van der Waals surface area (Å²) in [5.74, 6) is 1.28. The predicted molar refractivity (Wildman–Crippen MR) is 92.5 cm³/mol. The van der Waals surface area contributed by atoms with Gasteiger partial charge in [-0.25, -0.2) is 0 Å². The number of methoxy groups -OCH3 is 2. The van der Waals surface area contributed by atoms with Crippen molar-refractivity contribution in [3.63, 3.8) is 0 Å². The Kier molecular flexibility index (Phi) is 5.34. The topological polar surface area (TPSA) is 67.8 Å². The van der Waals surface area contributed by atoms with E-state index in [1.54, 1.807) is 19.2 Å². The zero-order chi connectivity index (χ0) is 17.7. The van der Waals surface area contributed by atoms with Gasteiger partial charge in [-0.3, -0.25) is 4.79 Å². The molecule has 0 aromatic heterocycles. The van der Waals surface area contributed by atoms with Crippen LogP contribution < -0.4 is 14.8 Å². The zero-order valence-electron chi connectivity index (χ0n) is 14.4. The van der Waals surface area contributed by atoms with Crippen LogP contribution in [0.4, 0.5) is 0 Å². The number of rotatable bonds is 6. The highest BCUT2D eigenvalue weighted by Crippen LogP contribution is 2.32. The van der Waals surface area contributed by atoms with Crippen LogP contribution in [0.25, 0.3) is 0 Å². The summed E-state index contributed by atoms with van der Waals surface area (Å²) in [4.78, 5) is 12.3. The molecule has 2 N–H and O–H groups in total. The molecule has 2 aromatic rings. The van der Waals surface area contributed by atoms with Crippen LogP contribution in [0.3, 0.4) is 0 Å². The first kappa shape index (κ1) is 17.7. The minimum absolute atomic E-state index is 0.0871. The Morgan fingerprint density at radius 3 is 2.17 bits per heavy atom. The summed E-state index contributed by atoms with van der Waals surface area (Å²) in [6.45, 7) is 3.70. The molecule has 0 bridgehead atoms. The second kappa shape index (κ2) is 7.25. The number of hydrogen-bond acceptors (Lipinski definition) is 4. The minimum Gasteiger partial charge on any atom is -0.507 e. The lowest BCUT2D eigenvalue weighted by Crippen LogP contribution is -2.41. The summed E-state index contributed by atoms with van der Waals surface area (Å²) in [5.41, 5.74) is 0.814. The van der Waals surface area contributed by atoms with E-state index >= 15 is 0 Å². The molecule has 2 rings (SSSR count). The highest BCUT2D eigenvalue weighted by Gasteiger charge is 2.26. The van der Waals surface area contributed by atoms with Crippen molar-refractivity contribution in [1.82, 2.24) is 5.32 Å². The fourth-order valence-electron chi connectivity index (χ4n) is 2.56. The van der Waals surface area contributed by atoms with Crippen LogP contribution >= 0.6 is 0 Å². The second-order valence-corrected chi connectivity index (χ2v) is 6.08. The number of ether oxygens (including phenoxy) is 2. The fraction of sp³-hybridized carbons (Fsp3) is 0.316. The molecular weight excluding hydrogens is 306 g/mol. The van der Waals surface area contributed by atoms with Gasteiger partial charge in [0.2, 0.25) is 5.91 Å². The van der Waals surface area contributed by atoms with E-state index in [0.717, 1.165) is 11.3 Å². The van der Waals surface area contributed by atoms with Gasteiger partial charge in [0.15, 0.2) is 0 Å². The average Bonchev–Trinajstić information content (AvgIpc) is 2.54. The lowest BCUT2D eigenvalue weighted by Gasteiger charge is -2.28. The van der Waals surface area contributed by atoms with Crippen molar-refractivity contribution in [2.75, 3.05) is 14.2 Å². The van der Waals surface area contributed by atoms with Gasteiger partial charge < -0.3 is 19.9 Å². The number of aromatic hydroxyl groups is 1. The lowest BCUT2D eigenvalue weighted by atomic mass is 9.92. The summed E-state index contributed by atoms with van der Waals surface area (Å²) in [6.07, 6.45) is 0.254. The smallest absolute Gasteiger partial charge is 0.225 e. The molecule has 5 heteroatoms. The van der Waals surface area contributed by atoms with Gasteiger partial charge in [0.25, 0.3) is 0 Å². The Bertz CT molecular complexity index is 708. The number of carbonyl (C=O) groups is 1. The first-order chi connectivity index (χ1) is 11.4. The van der Waals surface area contributed by atoms with Gasteiger partial charge in [-0.2, -0.15) is 0 Å². The van der Waals surface area contributed by atoms with E-state index in [2.05, 4.69) is 5.32 Å². The first-order valence-electron chi connectivity index (χ1n) is 7.67. The molecule has 0 atom stereocenters. The van der Waals surface area contributed by atoms with Crippen LogP contribution in [-0.2, 0) is 16.8 Å². The monoisotopic (exact) mass is 329 g/mol. The van der Waals surface area contributed by atoms with Crippen LogP contribution in [-0.4, -0.2) is 25.2 Å². The lowest BCUT2D eigenvalue weighted by molar-refractivity contribution is -0.122. The highest BCUT2D eigenvalue weighted by molar-refractivity contribution is 5.79. The molecule has 0 spiro atoms. The van der Waals surface area contributed by atoms with Crippen molar-refractivity contribution in [1.29, 1.82) is 0 Å². The summed E-state index contributed by atoms with van der Waals surface area (Å²) < 4.78 is 10.2. The maximum Gasteiger partial charge on any atom is 0.225 e. The third kappa shape index (κ3) is 4.19. The molecule has 0 saturated carbocycles. The number of amides is 1. The number of nitrogens with one attached hydrogen (secondary N) is 1. The van der Waals surface area contributed by atoms with E-state index in [4.69, 9.17) is 9.47 Å². The van der Waals surface area contributed by atoms with Crippen molar-refractivity contribution >= 4 is 5.91 Å². The maximum absolute atomic E-state index is 12.3. The molecule has 0 aliphatic rings. The Labute approximate surface area is 142 Å². The van der Waals surface area contributed by atoms with Crippen molar-refractivity contribution in [3.05, 3.63) is 53.6 Å². The van der Waals surface area contributed by atoms with Crippen LogP contribution in [0.5, 0.6) is 17.2 Å². The van der Waals surface area contributed by atoms with E-state index in [1.165, 1.54) is 13.2 Å². The molecular formula is C19H23NO4. The number of phenolic OH excluding ortho intramolecular Hbond substituents is 1. The normalized spacial score (nSPS) is 11.0. The SMILES string of the molecule is COc1ccc(CC(=O)NC(C)(C)c2ccc(OC)cc2O)cc1. The number of phenols is 1. The molecule has 5 nitrogen and oxygen atoms in total. The first-order valence-corrected chi connectivity index (χ1v) is 7.67. The number of carbonyl (C=O) groups excluding carboxylic acids is 1. The minimum atomic E-state index is -0.708. The molecule has 0 unspecified atom stereocenters. The third-order valence-electron chi connectivity index (χ3n) is 3.85. The van der Waals surface area contributed by atoms with E-state index in [1.807, 2.05) is 38.1 Å². The maximum atomic E-state index is 12.3. The summed E-state index contributed by atoms with van der Waals surface area (Å²) in [5, 5.41) is 13.1. The fourth-order valence-corrected chi connectivity index (χ4v) is 2.56. The van der Waals surface area contributed by atoms with Crippen LogP contribution in [0.2, 0.25) is 0 Å². The number of benzene rings is 2. The second-order valence-electron chi connectivity index (χ2n) is 6.08. The van der Waals surface area contributed by atoms with Gasteiger partial charge in [-0.15, -0.1) is 0 Å². The van der Waals surface area contributed by atoms with Gasteiger partial charge in [-0.05, 0) is 43.7 Å². The predicted octanol–water partition coefficient (Wildman–Crippen LogP) is 3.00. The standard InChI is InChI=1S/C19H23NO4/c1-19(2,16-10-9-15(24-4)12-17(16)21)20-18(22)11-13-5-7-14(23-3)8-6-13/h5-10,12,21H,11H2,1-4H3,(H,20,22). The average molecular weight is 329 g/mol. The number of hydrogen-bond donors (Lipinski definition) is 2. The quantitative estimate of drug-likeness (QED) is 0.855. The zero-order valence-corrected chi connectivity index (χ0v) is 14.4. The molecule has 128 valence electrons. The van der Waals surface area contributed by atoms with Gasteiger partial charge in [0.1, 0.15) is 17.2 Å². The Balaban J connectivity index is 2.08. The Morgan fingerprint density at radius 1 is 1.04 bits per heavy atom. The van der Waals surface area contributed by atoms with Gasteiger partial charge in [0, 0.05) is 11.6 Å². The van der Waals surface area contributed by atoms with Crippen molar-refractivity contribution < 1.29 is 19.4 Å². The van der Waals surface area contributed by atoms with Gasteiger partial charge in [0.05, 0.1) is 26.2 Å². The molecule has 0 aliphatic carbocycles. The third-order valence-corrected chi connectivity index (χ3v) is 3.85. The van der Waals surface area contributed by atoms with Gasteiger partial charge >= 0.3 is 0 Å². The van der Waals surface area contributed by atoms with E-state index in [-0.39, 0.29) is 18.1 Å². The molecule has 0 heterocycles. The highest BCUT2D eigenvalue weighted by atomic mass is 16.5. The molecule has 24 heavy (non-hydrogen) atoms. The van der Waals surface area contributed by atoms with E-state index in [9.17, 15) is 9.90 Å². The summed E-state index contributed by atoms with van der Waals surface area (Å²) in [6, 6.07) is 12.4. The largest absolute Gasteiger partial charge is 0.507 e. The molecule has 0 fully saturated rings. The Morgan fingerprint density at radius 2 is 1.62 bits per heavy atom. The van der Waals surface area contributed by atoms with Crippen molar-refractivity contribution in [2.45, 2.75) is 25.8 Å². The van der Waals surface area contributed by atoms with Crippen LogP contribution in [0.15, 0.2) is 42.5 Å². The molecule has 0 aliphatic heterocycles. The summed E-state index contributed by atoms with van der Waals surface area (Å²) in [7, 11) is 3.14. The summed E-state index contributed by atoms with van der Waals surface area (Å²) >= 11 is 0. The molecule has 0 saturated heterocycles. The van der Waals surface area contributed by atoms with E-state index in [0.29, 0.717) is 11.3 Å². The molecule has 2 aromatic carbocycles. The van der Waals surface area contributed by atoms with Crippen molar-refractivity contribution in [2.24, 2.45) is 0 Å². The van der Waals surface area contributed by atoms with Crippen LogP contribution in [0, 0.1) is 0 Å².